The van der Waals surface area contributed by atoms with Crippen LogP contribution in [0.2, 0.25) is 0 Å². The van der Waals surface area contributed by atoms with Gasteiger partial charge in [0.25, 0.3) is 0 Å². The van der Waals surface area contributed by atoms with Crippen LogP contribution in [0.4, 0.5) is 0 Å². The lowest BCUT2D eigenvalue weighted by molar-refractivity contribution is -0.167. The van der Waals surface area contributed by atoms with Gasteiger partial charge in [0.1, 0.15) is 13.2 Å². The average molecular weight is 1080 g/mol. The molecule has 0 spiro atoms. The van der Waals surface area contributed by atoms with Crippen molar-refractivity contribution in [1.29, 1.82) is 0 Å². The van der Waals surface area contributed by atoms with Gasteiger partial charge in [-0.3, -0.25) is 14.4 Å². The van der Waals surface area contributed by atoms with E-state index in [9.17, 15) is 14.4 Å². The molecule has 6 nitrogen and oxygen atoms in total. The lowest BCUT2D eigenvalue weighted by Crippen LogP contribution is -2.30. The molecule has 0 aromatic heterocycles. The first-order valence-corrected chi connectivity index (χ1v) is 32.5. The Balaban J connectivity index is 4.36. The lowest BCUT2D eigenvalue weighted by Gasteiger charge is -2.18. The van der Waals surface area contributed by atoms with E-state index in [1.54, 1.807) is 0 Å². The zero-order chi connectivity index (χ0) is 56.4. The molecule has 0 aromatic rings. The number of esters is 3. The third kappa shape index (κ3) is 62.7. The summed E-state index contributed by atoms with van der Waals surface area (Å²) in [5.41, 5.74) is 0. The quantitative estimate of drug-likeness (QED) is 0.0261. The molecule has 0 aliphatic heterocycles. The highest BCUT2D eigenvalue weighted by molar-refractivity contribution is 5.71. The smallest absolute Gasteiger partial charge is 0.306 e. The van der Waals surface area contributed by atoms with Crippen molar-refractivity contribution < 1.29 is 28.6 Å². The van der Waals surface area contributed by atoms with Crippen LogP contribution in [0.3, 0.4) is 0 Å². The number of carbonyl (C=O) groups excluding carboxylic acids is 3. The molecule has 0 bridgehead atoms. The summed E-state index contributed by atoms with van der Waals surface area (Å²) in [7, 11) is 0. The maximum Gasteiger partial charge on any atom is 0.306 e. The predicted octanol–water partition coefficient (Wildman–Crippen LogP) is 22.4. The molecule has 0 amide bonds. The molecule has 0 aliphatic carbocycles. The fourth-order valence-electron chi connectivity index (χ4n) is 8.91. The Labute approximate surface area is 482 Å². The van der Waals surface area contributed by atoms with Crippen LogP contribution >= 0.6 is 0 Å². The molecule has 0 heterocycles. The van der Waals surface area contributed by atoms with E-state index in [0.717, 1.165) is 135 Å². The predicted molar refractivity (Wildman–Crippen MR) is 339 cm³/mol. The van der Waals surface area contributed by atoms with Crippen LogP contribution in [-0.2, 0) is 28.6 Å². The maximum absolute atomic E-state index is 12.9. The molecule has 1 atom stereocenters. The summed E-state index contributed by atoms with van der Waals surface area (Å²) in [5, 5.41) is 0. The third-order valence-corrected chi connectivity index (χ3v) is 13.7. The van der Waals surface area contributed by atoms with Gasteiger partial charge in [-0.05, 0) is 109 Å². The maximum atomic E-state index is 12.9. The topological polar surface area (TPSA) is 78.9 Å². The van der Waals surface area contributed by atoms with Gasteiger partial charge in [0.15, 0.2) is 6.10 Å². The summed E-state index contributed by atoms with van der Waals surface area (Å²) >= 11 is 0. The number of hydrogen-bond acceptors (Lipinski definition) is 6. The van der Waals surface area contributed by atoms with Crippen molar-refractivity contribution in [3.05, 3.63) is 122 Å². The van der Waals surface area contributed by atoms with Crippen LogP contribution in [0, 0.1) is 0 Å². The monoisotopic (exact) mass is 1080 g/mol. The first-order chi connectivity index (χ1) is 38.5. The van der Waals surface area contributed by atoms with Crippen LogP contribution < -0.4 is 0 Å². The average Bonchev–Trinajstić information content (AvgIpc) is 3.44. The fourth-order valence-corrected chi connectivity index (χ4v) is 8.91. The van der Waals surface area contributed by atoms with Crippen LogP contribution in [-0.4, -0.2) is 37.2 Å². The Bertz CT molecular complexity index is 1620. The Morgan fingerprint density at radius 2 is 0.500 bits per heavy atom. The molecule has 0 aromatic carbocycles. The molecule has 0 radical (unpaired) electrons. The van der Waals surface area contributed by atoms with Gasteiger partial charge in [0.05, 0.1) is 0 Å². The zero-order valence-electron chi connectivity index (χ0n) is 50.9. The molecule has 0 N–H and O–H groups in total. The van der Waals surface area contributed by atoms with Gasteiger partial charge in [-0.1, -0.05) is 290 Å². The summed E-state index contributed by atoms with van der Waals surface area (Å²) in [6, 6.07) is 0. The van der Waals surface area contributed by atoms with Gasteiger partial charge in [-0.15, -0.1) is 0 Å². The standard InChI is InChI=1S/C72H120O6/c1-4-7-10-13-16-19-22-25-27-29-31-33-35-36-38-39-41-43-45-47-50-53-56-59-62-65-71(74)77-68-69(67-76-70(73)64-61-58-55-52-49-24-21-18-15-12-9-6-3)78-72(75)66-63-60-57-54-51-48-46-44-42-40-37-34-32-30-28-26-23-20-17-14-11-8-5-2/h7-8,10-11,16-17,19-20,25-28,31-34,36,38,41,43,69H,4-6,9,12-15,18,21-24,29-30,35,37,39-40,42,44-68H2,1-3H3/b10-7-,11-8-,19-16-,20-17-,27-25-,28-26-,33-31-,34-32-,38-36-,43-41-. The highest BCUT2D eigenvalue weighted by Crippen LogP contribution is 2.16. The number of hydrogen-bond donors (Lipinski definition) is 0. The number of unbranched alkanes of at least 4 members (excludes halogenated alkanes) is 27. The molecular formula is C72H120O6. The van der Waals surface area contributed by atoms with E-state index < -0.39 is 6.10 Å². The SMILES string of the molecule is CC/C=C\C/C=C\C/C=C\C/C=C\C/C=C\C/C=C\CCCCCCCCC(=O)OCC(COC(=O)CCCCCCCCCCCCCC)OC(=O)CCCCCCCCCCCC/C=C\C/C=C\C/C=C\C/C=C\CC. The van der Waals surface area contributed by atoms with Gasteiger partial charge in [-0.2, -0.15) is 0 Å². The zero-order valence-corrected chi connectivity index (χ0v) is 50.9. The first kappa shape index (κ1) is 73.8. The molecule has 0 fully saturated rings. The molecular weight excluding hydrogens is 961 g/mol. The van der Waals surface area contributed by atoms with Crippen LogP contribution in [0.5, 0.6) is 0 Å². The third-order valence-electron chi connectivity index (χ3n) is 13.7. The summed E-state index contributed by atoms with van der Waals surface area (Å²) in [5.74, 6) is -0.897. The Morgan fingerprint density at radius 1 is 0.269 bits per heavy atom. The van der Waals surface area contributed by atoms with Crippen molar-refractivity contribution in [2.75, 3.05) is 13.2 Å². The molecule has 78 heavy (non-hydrogen) atoms. The fraction of sp³-hybridized carbons (Fsp3) is 0.681. The largest absolute Gasteiger partial charge is 0.462 e. The second-order valence-corrected chi connectivity index (χ2v) is 21.3. The number of allylic oxidation sites excluding steroid dienone is 20. The van der Waals surface area contributed by atoms with Crippen LogP contribution in [0.25, 0.3) is 0 Å². The molecule has 0 saturated carbocycles. The highest BCUT2D eigenvalue weighted by Gasteiger charge is 2.19. The second-order valence-electron chi connectivity index (χ2n) is 21.3. The van der Waals surface area contributed by atoms with Gasteiger partial charge < -0.3 is 14.2 Å². The molecule has 0 saturated heterocycles. The van der Waals surface area contributed by atoms with E-state index in [-0.39, 0.29) is 31.1 Å². The number of carbonyl (C=O) groups is 3. The van der Waals surface area contributed by atoms with Gasteiger partial charge >= 0.3 is 17.9 Å². The minimum atomic E-state index is -0.789. The van der Waals surface area contributed by atoms with Crippen molar-refractivity contribution in [2.24, 2.45) is 0 Å². The van der Waals surface area contributed by atoms with Gasteiger partial charge in [0.2, 0.25) is 0 Å². The van der Waals surface area contributed by atoms with Gasteiger partial charge in [0, 0.05) is 19.3 Å². The van der Waals surface area contributed by atoms with Crippen molar-refractivity contribution in [3.63, 3.8) is 0 Å². The summed E-state index contributed by atoms with van der Waals surface area (Å²) in [6.07, 6.45) is 90.6. The van der Waals surface area contributed by atoms with E-state index in [1.807, 2.05) is 0 Å². The molecule has 6 heteroatoms. The van der Waals surface area contributed by atoms with Crippen LogP contribution in [0.1, 0.15) is 297 Å². The Kier molecular flexibility index (Phi) is 61.8. The van der Waals surface area contributed by atoms with Crippen molar-refractivity contribution in [2.45, 2.75) is 303 Å². The normalized spacial score (nSPS) is 12.9. The Morgan fingerprint density at radius 3 is 0.782 bits per heavy atom. The second kappa shape index (κ2) is 65.3. The van der Waals surface area contributed by atoms with E-state index >= 15 is 0 Å². The molecule has 0 rings (SSSR count). The number of rotatable bonds is 58. The number of ether oxygens (including phenoxy) is 3. The van der Waals surface area contributed by atoms with Crippen molar-refractivity contribution >= 4 is 17.9 Å². The summed E-state index contributed by atoms with van der Waals surface area (Å²) in [4.78, 5) is 38.3. The van der Waals surface area contributed by atoms with E-state index in [4.69, 9.17) is 14.2 Å². The Hall–Kier alpha value is -4.19. The highest BCUT2D eigenvalue weighted by atomic mass is 16.6. The molecule has 1 unspecified atom stereocenters. The van der Waals surface area contributed by atoms with E-state index in [1.165, 1.54) is 122 Å². The summed E-state index contributed by atoms with van der Waals surface area (Å²) in [6.45, 7) is 6.41. The minimum absolute atomic E-state index is 0.0842. The van der Waals surface area contributed by atoms with E-state index in [2.05, 4.69) is 142 Å². The molecule has 444 valence electrons. The minimum Gasteiger partial charge on any atom is -0.462 e. The molecule has 0 aliphatic rings. The van der Waals surface area contributed by atoms with E-state index in [0.29, 0.717) is 19.3 Å². The van der Waals surface area contributed by atoms with Crippen LogP contribution in [0.15, 0.2) is 122 Å². The van der Waals surface area contributed by atoms with Crippen molar-refractivity contribution in [1.82, 2.24) is 0 Å². The van der Waals surface area contributed by atoms with Gasteiger partial charge in [-0.25, -0.2) is 0 Å². The first-order valence-electron chi connectivity index (χ1n) is 32.5. The lowest BCUT2D eigenvalue weighted by atomic mass is 10.0. The summed E-state index contributed by atoms with van der Waals surface area (Å²) < 4.78 is 16.9. The van der Waals surface area contributed by atoms with Crippen molar-refractivity contribution in [3.8, 4) is 0 Å².